The maximum Gasteiger partial charge on any atom is 0.243 e. The number of hydrogen-bond donors (Lipinski definition) is 0. The fourth-order valence-electron chi connectivity index (χ4n) is 3.14. The lowest BCUT2D eigenvalue weighted by atomic mass is 10.0. The number of sulfonamides is 1. The van der Waals surface area contributed by atoms with E-state index in [1.165, 1.54) is 16.4 Å². The minimum atomic E-state index is -3.62. The van der Waals surface area contributed by atoms with Crippen molar-refractivity contribution in [2.45, 2.75) is 10.8 Å². The lowest BCUT2D eigenvalue weighted by Crippen LogP contribution is -2.48. The summed E-state index contributed by atoms with van der Waals surface area (Å²) in [6.45, 7) is 1.42. The number of hydrogen-bond acceptors (Lipinski definition) is 8. The maximum atomic E-state index is 12.9. The second kappa shape index (κ2) is 6.57. The normalized spacial score (nSPS) is 17.3. The molecule has 4 heterocycles. The van der Waals surface area contributed by atoms with Crippen molar-refractivity contribution in [3.05, 3.63) is 48.6 Å². The van der Waals surface area contributed by atoms with Gasteiger partial charge in [0.15, 0.2) is 11.5 Å². The molecule has 144 valence electrons. The van der Waals surface area contributed by atoms with Crippen LogP contribution < -0.4 is 9.47 Å². The fourth-order valence-corrected chi connectivity index (χ4v) is 4.68. The Morgan fingerprint density at radius 1 is 1.07 bits per heavy atom. The van der Waals surface area contributed by atoms with Crippen LogP contribution in [-0.4, -0.2) is 54.2 Å². The van der Waals surface area contributed by atoms with Gasteiger partial charge in [-0.25, -0.2) is 8.42 Å². The van der Waals surface area contributed by atoms with Gasteiger partial charge in [-0.2, -0.15) is 9.29 Å². The van der Waals surface area contributed by atoms with Crippen molar-refractivity contribution in [1.29, 1.82) is 0 Å². The molecule has 1 fully saturated rings. The van der Waals surface area contributed by atoms with Gasteiger partial charge in [0.2, 0.25) is 21.7 Å². The van der Waals surface area contributed by atoms with Crippen LogP contribution in [0.25, 0.3) is 11.4 Å². The van der Waals surface area contributed by atoms with Crippen molar-refractivity contribution in [3.8, 4) is 22.9 Å². The molecule has 0 amide bonds. The lowest BCUT2D eigenvalue weighted by Gasteiger charge is -2.35. The first-order chi connectivity index (χ1) is 13.6. The number of aromatic nitrogens is 3. The van der Waals surface area contributed by atoms with Crippen molar-refractivity contribution < 1.29 is 22.4 Å². The highest BCUT2D eigenvalue weighted by molar-refractivity contribution is 7.89. The van der Waals surface area contributed by atoms with Crippen LogP contribution in [0.4, 0.5) is 0 Å². The van der Waals surface area contributed by atoms with E-state index in [4.69, 9.17) is 14.0 Å². The number of ether oxygens (including phenoxy) is 2. The quantitative estimate of drug-likeness (QED) is 0.651. The molecule has 3 aromatic rings. The van der Waals surface area contributed by atoms with Crippen LogP contribution in [0.3, 0.4) is 0 Å². The molecule has 1 aromatic carbocycles. The highest BCUT2D eigenvalue weighted by Gasteiger charge is 2.40. The summed E-state index contributed by atoms with van der Waals surface area (Å²) < 4.78 is 43.3. The highest BCUT2D eigenvalue weighted by atomic mass is 32.2. The minimum Gasteiger partial charge on any atom is -0.486 e. The van der Waals surface area contributed by atoms with Gasteiger partial charge in [0, 0.05) is 37.1 Å². The molecule has 5 rings (SSSR count). The molecule has 10 heteroatoms. The smallest absolute Gasteiger partial charge is 0.243 e. The summed E-state index contributed by atoms with van der Waals surface area (Å²) in [5.41, 5.74) is 0.748. The molecule has 9 nitrogen and oxygen atoms in total. The van der Waals surface area contributed by atoms with Crippen molar-refractivity contribution in [2.75, 3.05) is 26.3 Å². The Balaban J connectivity index is 1.31. The van der Waals surface area contributed by atoms with Gasteiger partial charge in [-0.1, -0.05) is 5.16 Å². The SMILES string of the molecule is O=S(=O)(c1ccc2c(c1)OCCO2)N1CC(c2nc(-c3cccnc3)no2)C1. The monoisotopic (exact) mass is 400 g/mol. The van der Waals surface area contributed by atoms with E-state index in [1.54, 1.807) is 24.5 Å². The Kier molecular flexibility index (Phi) is 4.02. The summed E-state index contributed by atoms with van der Waals surface area (Å²) in [6, 6.07) is 8.28. The average molecular weight is 400 g/mol. The Hall–Kier alpha value is -2.98. The van der Waals surface area contributed by atoms with Gasteiger partial charge in [-0.05, 0) is 24.3 Å². The Bertz CT molecular complexity index is 1110. The first kappa shape index (κ1) is 17.1. The van der Waals surface area contributed by atoms with Crippen LogP contribution in [0.2, 0.25) is 0 Å². The second-order valence-corrected chi connectivity index (χ2v) is 8.46. The molecule has 2 aliphatic rings. The van der Waals surface area contributed by atoms with Crippen LogP contribution in [0.1, 0.15) is 11.8 Å². The molecule has 2 aliphatic heterocycles. The summed E-state index contributed by atoms with van der Waals surface area (Å²) in [5.74, 6) is 1.73. The first-order valence-corrected chi connectivity index (χ1v) is 10.2. The summed E-state index contributed by atoms with van der Waals surface area (Å²) in [4.78, 5) is 8.58. The van der Waals surface area contributed by atoms with Gasteiger partial charge in [0.25, 0.3) is 0 Å². The Morgan fingerprint density at radius 3 is 2.68 bits per heavy atom. The van der Waals surface area contributed by atoms with Crippen molar-refractivity contribution in [2.24, 2.45) is 0 Å². The molecule has 0 saturated carbocycles. The number of benzene rings is 1. The molecule has 0 unspecified atom stereocenters. The van der Waals surface area contributed by atoms with E-state index in [0.717, 1.165) is 5.56 Å². The van der Waals surface area contributed by atoms with Crippen LogP contribution in [0, 0.1) is 0 Å². The van der Waals surface area contributed by atoms with E-state index in [9.17, 15) is 8.42 Å². The van der Waals surface area contributed by atoms with E-state index in [0.29, 0.717) is 36.4 Å². The summed E-state index contributed by atoms with van der Waals surface area (Å²) in [6.07, 6.45) is 3.31. The van der Waals surface area contributed by atoms with Crippen molar-refractivity contribution in [1.82, 2.24) is 19.4 Å². The zero-order valence-electron chi connectivity index (χ0n) is 14.7. The van der Waals surface area contributed by atoms with Gasteiger partial charge in [0.05, 0.1) is 10.8 Å². The minimum absolute atomic E-state index is 0.134. The largest absolute Gasteiger partial charge is 0.486 e. The molecule has 0 spiro atoms. The van der Waals surface area contributed by atoms with E-state index >= 15 is 0 Å². The zero-order chi connectivity index (χ0) is 19.1. The van der Waals surface area contributed by atoms with Crippen LogP contribution in [0.15, 0.2) is 52.1 Å². The van der Waals surface area contributed by atoms with Gasteiger partial charge in [-0.15, -0.1) is 0 Å². The second-order valence-electron chi connectivity index (χ2n) is 6.52. The third-order valence-electron chi connectivity index (χ3n) is 4.71. The molecule has 0 bridgehead atoms. The standard InChI is InChI=1S/C18H16N4O5S/c23-28(24,14-3-4-15-16(8-14)26-7-6-25-15)22-10-13(11-22)18-20-17(21-27-18)12-2-1-5-19-9-12/h1-5,8-9,13H,6-7,10-11H2. The van der Waals surface area contributed by atoms with Crippen LogP contribution in [-0.2, 0) is 10.0 Å². The predicted octanol–water partition coefficient (Wildman–Crippen LogP) is 1.69. The van der Waals surface area contributed by atoms with Gasteiger partial charge >= 0.3 is 0 Å². The molecular weight excluding hydrogens is 384 g/mol. The van der Waals surface area contributed by atoms with Crippen molar-refractivity contribution in [3.63, 3.8) is 0 Å². The molecule has 0 N–H and O–H groups in total. The molecule has 1 saturated heterocycles. The summed E-state index contributed by atoms with van der Waals surface area (Å²) in [5, 5.41) is 3.96. The molecule has 0 aliphatic carbocycles. The average Bonchev–Trinajstić information content (AvgIpc) is 3.16. The molecular formula is C18H16N4O5S. The predicted molar refractivity (Wildman–Crippen MR) is 96.5 cm³/mol. The zero-order valence-corrected chi connectivity index (χ0v) is 15.5. The van der Waals surface area contributed by atoms with Crippen LogP contribution in [0.5, 0.6) is 11.5 Å². The van der Waals surface area contributed by atoms with Gasteiger partial charge in [0.1, 0.15) is 13.2 Å². The van der Waals surface area contributed by atoms with Gasteiger partial charge < -0.3 is 14.0 Å². The maximum absolute atomic E-state index is 12.9. The summed E-state index contributed by atoms with van der Waals surface area (Å²) in [7, 11) is -3.62. The molecule has 2 aromatic heterocycles. The number of fused-ring (bicyclic) bond motifs is 1. The third-order valence-corrected chi connectivity index (χ3v) is 6.54. The topological polar surface area (TPSA) is 108 Å². The first-order valence-electron chi connectivity index (χ1n) is 8.75. The number of rotatable bonds is 4. The highest BCUT2D eigenvalue weighted by Crippen LogP contribution is 2.36. The van der Waals surface area contributed by atoms with Crippen molar-refractivity contribution >= 4 is 10.0 Å². The van der Waals surface area contributed by atoms with Gasteiger partial charge in [-0.3, -0.25) is 4.98 Å². The third kappa shape index (κ3) is 2.90. The summed E-state index contributed by atoms with van der Waals surface area (Å²) >= 11 is 0. The fraction of sp³-hybridized carbons (Fsp3) is 0.278. The Morgan fingerprint density at radius 2 is 1.89 bits per heavy atom. The van der Waals surface area contributed by atoms with E-state index in [1.807, 2.05) is 6.07 Å². The van der Waals surface area contributed by atoms with E-state index in [2.05, 4.69) is 15.1 Å². The lowest BCUT2D eigenvalue weighted by molar-refractivity contribution is 0.171. The van der Waals surface area contributed by atoms with Crippen LogP contribution >= 0.6 is 0 Å². The molecule has 0 atom stereocenters. The van der Waals surface area contributed by atoms with E-state index < -0.39 is 10.0 Å². The Labute approximate surface area is 161 Å². The number of nitrogens with zero attached hydrogens (tertiary/aromatic N) is 4. The molecule has 0 radical (unpaired) electrons. The number of pyridine rings is 1. The van der Waals surface area contributed by atoms with E-state index in [-0.39, 0.29) is 23.9 Å². The molecule has 28 heavy (non-hydrogen) atoms.